The molecular formula is C17H18FN5. The lowest BCUT2D eigenvalue weighted by molar-refractivity contribution is 0.455. The first-order chi connectivity index (χ1) is 11.2. The van der Waals surface area contributed by atoms with Gasteiger partial charge >= 0.3 is 0 Å². The number of aromatic nitrogens is 3. The zero-order valence-electron chi connectivity index (χ0n) is 12.7. The predicted octanol–water partition coefficient (Wildman–Crippen LogP) is 2.58. The summed E-state index contributed by atoms with van der Waals surface area (Å²) in [5.74, 6) is 0.649. The fraction of sp³-hybridized carbons (Fsp3) is 0.294. The van der Waals surface area contributed by atoms with Crippen LogP contribution in [0.3, 0.4) is 0 Å². The Bertz CT molecular complexity index is 851. The molecule has 4 rings (SSSR count). The second-order valence-electron chi connectivity index (χ2n) is 5.96. The molecule has 0 aliphatic carbocycles. The van der Waals surface area contributed by atoms with Crippen molar-refractivity contribution in [1.29, 1.82) is 0 Å². The van der Waals surface area contributed by atoms with Crippen LogP contribution in [0, 0.1) is 5.82 Å². The molecule has 0 saturated carbocycles. The van der Waals surface area contributed by atoms with Gasteiger partial charge in [0.05, 0.1) is 11.4 Å². The van der Waals surface area contributed by atoms with Gasteiger partial charge in [-0.05, 0) is 31.5 Å². The molecule has 0 amide bonds. The number of fused-ring (bicyclic) bond motifs is 1. The molecule has 118 valence electrons. The van der Waals surface area contributed by atoms with E-state index in [-0.39, 0.29) is 5.82 Å². The Kier molecular flexibility index (Phi) is 3.46. The van der Waals surface area contributed by atoms with Gasteiger partial charge in [-0.2, -0.15) is 9.61 Å². The summed E-state index contributed by atoms with van der Waals surface area (Å²) in [5.41, 5.74) is 9.23. The molecule has 3 heterocycles. The zero-order valence-corrected chi connectivity index (χ0v) is 12.7. The molecule has 1 aliphatic heterocycles. The summed E-state index contributed by atoms with van der Waals surface area (Å²) in [7, 11) is 0. The van der Waals surface area contributed by atoms with Gasteiger partial charge in [-0.25, -0.2) is 9.37 Å². The quantitative estimate of drug-likeness (QED) is 0.763. The molecular weight excluding hydrogens is 293 g/mol. The van der Waals surface area contributed by atoms with Crippen molar-refractivity contribution in [2.24, 2.45) is 0 Å². The average Bonchev–Trinajstić information content (AvgIpc) is 3.00. The molecule has 1 saturated heterocycles. The summed E-state index contributed by atoms with van der Waals surface area (Å²) in [6.07, 6.45) is 2.26. The van der Waals surface area contributed by atoms with Crippen molar-refractivity contribution >= 4 is 11.5 Å². The minimum Gasteiger partial charge on any atom is -0.384 e. The van der Waals surface area contributed by atoms with Crippen molar-refractivity contribution in [3.05, 3.63) is 47.9 Å². The third-order valence-electron chi connectivity index (χ3n) is 4.31. The highest BCUT2D eigenvalue weighted by Gasteiger charge is 2.19. The van der Waals surface area contributed by atoms with Crippen molar-refractivity contribution in [2.45, 2.75) is 18.8 Å². The number of nitrogens with one attached hydrogen (secondary N) is 1. The molecule has 3 N–H and O–H groups in total. The number of nitrogen functional groups attached to an aromatic ring is 1. The van der Waals surface area contributed by atoms with E-state index < -0.39 is 0 Å². The van der Waals surface area contributed by atoms with Gasteiger partial charge in [-0.3, -0.25) is 0 Å². The smallest absolute Gasteiger partial charge is 0.158 e. The van der Waals surface area contributed by atoms with E-state index in [0.717, 1.165) is 37.2 Å². The maximum atomic E-state index is 13.4. The van der Waals surface area contributed by atoms with Gasteiger partial charge < -0.3 is 11.1 Å². The highest BCUT2D eigenvalue weighted by Crippen LogP contribution is 2.26. The van der Waals surface area contributed by atoms with E-state index in [2.05, 4.69) is 10.4 Å². The summed E-state index contributed by atoms with van der Waals surface area (Å²) >= 11 is 0. The molecule has 3 aromatic rings. The maximum absolute atomic E-state index is 13.4. The van der Waals surface area contributed by atoms with E-state index in [1.165, 1.54) is 12.1 Å². The van der Waals surface area contributed by atoms with Crippen LogP contribution < -0.4 is 11.1 Å². The van der Waals surface area contributed by atoms with Gasteiger partial charge in [0, 0.05) is 30.2 Å². The topological polar surface area (TPSA) is 68.2 Å². The van der Waals surface area contributed by atoms with Crippen LogP contribution in [0.5, 0.6) is 0 Å². The van der Waals surface area contributed by atoms with Gasteiger partial charge in [0.25, 0.3) is 0 Å². The summed E-state index contributed by atoms with van der Waals surface area (Å²) in [6, 6.07) is 10.1. The first-order valence-corrected chi connectivity index (χ1v) is 7.83. The number of piperidine rings is 1. The minimum atomic E-state index is -0.283. The van der Waals surface area contributed by atoms with E-state index >= 15 is 0 Å². The number of halogens is 1. The second kappa shape index (κ2) is 5.62. The standard InChI is InChI=1S/C17H18FN5/c18-13-5-1-3-11(7-13)15-9-17-21-14(8-16(19)23(17)22-15)12-4-2-6-20-10-12/h1,3,5,7-9,12,20H,2,4,6,10,19H2/t12-/m0/s1. The van der Waals surface area contributed by atoms with E-state index in [9.17, 15) is 4.39 Å². The molecule has 1 aliphatic rings. The van der Waals surface area contributed by atoms with Crippen LogP contribution >= 0.6 is 0 Å². The zero-order chi connectivity index (χ0) is 15.8. The lowest BCUT2D eigenvalue weighted by Gasteiger charge is -2.22. The first kappa shape index (κ1) is 14.1. The van der Waals surface area contributed by atoms with Gasteiger partial charge in [-0.1, -0.05) is 12.1 Å². The third kappa shape index (κ3) is 2.66. The number of nitrogens with two attached hydrogens (primary N) is 1. The van der Waals surface area contributed by atoms with Crippen molar-refractivity contribution in [3.63, 3.8) is 0 Å². The molecule has 0 radical (unpaired) electrons. The Hall–Kier alpha value is -2.47. The Morgan fingerprint density at radius 3 is 2.96 bits per heavy atom. The van der Waals surface area contributed by atoms with Crippen LogP contribution in [-0.2, 0) is 0 Å². The second-order valence-corrected chi connectivity index (χ2v) is 5.96. The predicted molar refractivity (Wildman–Crippen MR) is 87.6 cm³/mol. The number of rotatable bonds is 2. The largest absolute Gasteiger partial charge is 0.384 e. The molecule has 5 nitrogen and oxygen atoms in total. The number of benzene rings is 1. The molecule has 2 aromatic heterocycles. The normalized spacial score (nSPS) is 18.4. The molecule has 6 heteroatoms. The summed E-state index contributed by atoms with van der Waals surface area (Å²) in [4.78, 5) is 4.72. The van der Waals surface area contributed by atoms with E-state index in [1.807, 2.05) is 18.2 Å². The van der Waals surface area contributed by atoms with Crippen LogP contribution in [0.4, 0.5) is 10.2 Å². The molecule has 1 aromatic carbocycles. The number of anilines is 1. The summed E-state index contributed by atoms with van der Waals surface area (Å²) < 4.78 is 15.0. The fourth-order valence-electron chi connectivity index (χ4n) is 3.12. The molecule has 1 fully saturated rings. The summed E-state index contributed by atoms with van der Waals surface area (Å²) in [6.45, 7) is 1.98. The Balaban J connectivity index is 1.77. The van der Waals surface area contributed by atoms with Crippen LogP contribution in [-0.4, -0.2) is 27.7 Å². The van der Waals surface area contributed by atoms with Crippen LogP contribution in [0.2, 0.25) is 0 Å². The van der Waals surface area contributed by atoms with Gasteiger partial charge in [0.1, 0.15) is 11.6 Å². The number of hydrogen-bond acceptors (Lipinski definition) is 4. The SMILES string of the molecule is Nc1cc([C@H]2CCCNC2)nc2cc(-c3cccc(F)c3)nn12. The summed E-state index contributed by atoms with van der Waals surface area (Å²) in [5, 5.41) is 7.85. The Morgan fingerprint density at radius 1 is 1.26 bits per heavy atom. The Labute approximate surface area is 133 Å². The van der Waals surface area contributed by atoms with Crippen molar-refractivity contribution in [2.75, 3.05) is 18.8 Å². The van der Waals surface area contributed by atoms with Crippen molar-refractivity contribution in [3.8, 4) is 11.3 Å². The fourth-order valence-corrected chi connectivity index (χ4v) is 3.12. The first-order valence-electron chi connectivity index (χ1n) is 7.83. The monoisotopic (exact) mass is 311 g/mol. The van der Waals surface area contributed by atoms with Gasteiger partial charge in [0.2, 0.25) is 0 Å². The van der Waals surface area contributed by atoms with Crippen LogP contribution in [0.1, 0.15) is 24.5 Å². The van der Waals surface area contributed by atoms with E-state index in [1.54, 1.807) is 10.6 Å². The average molecular weight is 311 g/mol. The highest BCUT2D eigenvalue weighted by molar-refractivity contribution is 5.65. The number of hydrogen-bond donors (Lipinski definition) is 2. The van der Waals surface area contributed by atoms with Crippen LogP contribution in [0.15, 0.2) is 36.4 Å². The van der Waals surface area contributed by atoms with Crippen LogP contribution in [0.25, 0.3) is 16.9 Å². The molecule has 23 heavy (non-hydrogen) atoms. The number of nitrogens with zero attached hydrogens (tertiary/aromatic N) is 3. The lowest BCUT2D eigenvalue weighted by Crippen LogP contribution is -2.29. The van der Waals surface area contributed by atoms with E-state index in [0.29, 0.717) is 23.1 Å². The minimum absolute atomic E-state index is 0.283. The molecule has 0 bridgehead atoms. The third-order valence-corrected chi connectivity index (χ3v) is 4.31. The molecule has 1 atom stereocenters. The van der Waals surface area contributed by atoms with E-state index in [4.69, 9.17) is 10.7 Å². The van der Waals surface area contributed by atoms with Gasteiger partial charge in [0.15, 0.2) is 5.65 Å². The van der Waals surface area contributed by atoms with Crippen molar-refractivity contribution in [1.82, 2.24) is 19.9 Å². The lowest BCUT2D eigenvalue weighted by atomic mass is 9.96. The Morgan fingerprint density at radius 2 is 2.17 bits per heavy atom. The van der Waals surface area contributed by atoms with Crippen molar-refractivity contribution < 1.29 is 4.39 Å². The van der Waals surface area contributed by atoms with Gasteiger partial charge in [-0.15, -0.1) is 0 Å². The maximum Gasteiger partial charge on any atom is 0.158 e. The molecule has 0 spiro atoms. The molecule has 0 unspecified atom stereocenters. The highest BCUT2D eigenvalue weighted by atomic mass is 19.1.